The molecule has 0 bridgehead atoms. The number of hydrogen-bond donors (Lipinski definition) is 1. The fourth-order valence-corrected chi connectivity index (χ4v) is 2.05. The third-order valence-corrected chi connectivity index (χ3v) is 3.21. The first-order chi connectivity index (χ1) is 11.2. The van der Waals surface area contributed by atoms with Gasteiger partial charge < -0.3 is 14.8 Å². The number of benzene rings is 2. The van der Waals surface area contributed by atoms with E-state index in [1.54, 1.807) is 0 Å². The Kier molecular flexibility index (Phi) is 6.17. The number of rotatable bonds is 7. The second-order valence-corrected chi connectivity index (χ2v) is 4.83. The van der Waals surface area contributed by atoms with Crippen molar-refractivity contribution < 1.29 is 19.1 Å². The summed E-state index contributed by atoms with van der Waals surface area (Å²) in [5.41, 5.74) is 1.95. The van der Waals surface area contributed by atoms with E-state index < -0.39 is 0 Å². The van der Waals surface area contributed by atoms with Gasteiger partial charge in [0, 0.05) is 12.1 Å². The summed E-state index contributed by atoms with van der Waals surface area (Å²) in [7, 11) is 1.31. The van der Waals surface area contributed by atoms with Crippen LogP contribution in [0.15, 0.2) is 54.6 Å². The van der Waals surface area contributed by atoms with Gasteiger partial charge in [0.15, 0.2) is 6.61 Å². The number of para-hydroxylation sites is 1. The molecular weight excluding hydrogens is 294 g/mol. The Morgan fingerprint density at radius 2 is 1.70 bits per heavy atom. The highest BCUT2D eigenvalue weighted by atomic mass is 16.5. The molecule has 2 aromatic carbocycles. The first-order valence-electron chi connectivity index (χ1n) is 7.31. The molecule has 0 fully saturated rings. The molecule has 0 saturated heterocycles. The van der Waals surface area contributed by atoms with Crippen LogP contribution in [0.2, 0.25) is 0 Å². The number of amides is 1. The van der Waals surface area contributed by atoms with E-state index >= 15 is 0 Å². The Hall–Kier alpha value is -2.82. The zero-order chi connectivity index (χ0) is 16.5. The van der Waals surface area contributed by atoms with E-state index in [1.807, 2.05) is 54.6 Å². The number of hydrogen-bond acceptors (Lipinski definition) is 4. The van der Waals surface area contributed by atoms with E-state index in [0.717, 1.165) is 11.1 Å². The lowest BCUT2D eigenvalue weighted by molar-refractivity contribution is -0.140. The number of carbonyl (C=O) groups is 2. The minimum Gasteiger partial charge on any atom is -0.483 e. The molecule has 0 radical (unpaired) electrons. The Bertz CT molecular complexity index is 655. The standard InChI is InChI=1S/C18H19NO4/c1-22-18(21)11-12-19-17(20)13-23-16-10-6-5-9-15(16)14-7-3-2-4-8-14/h2-10H,11-13H2,1H3,(H,19,20). The smallest absolute Gasteiger partial charge is 0.307 e. The monoisotopic (exact) mass is 313 g/mol. The van der Waals surface area contributed by atoms with Gasteiger partial charge >= 0.3 is 5.97 Å². The summed E-state index contributed by atoms with van der Waals surface area (Å²) in [5, 5.41) is 2.61. The maximum absolute atomic E-state index is 11.7. The average Bonchev–Trinajstić information content (AvgIpc) is 2.60. The highest BCUT2D eigenvalue weighted by molar-refractivity contribution is 5.79. The maximum Gasteiger partial charge on any atom is 0.307 e. The maximum atomic E-state index is 11.7. The predicted octanol–water partition coefficient (Wildman–Crippen LogP) is 2.41. The molecule has 5 nitrogen and oxygen atoms in total. The SMILES string of the molecule is COC(=O)CCNC(=O)COc1ccccc1-c1ccccc1. The summed E-state index contributed by atoms with van der Waals surface area (Å²) in [6, 6.07) is 17.4. The van der Waals surface area contributed by atoms with Gasteiger partial charge in [-0.1, -0.05) is 48.5 Å². The molecule has 1 amide bonds. The van der Waals surface area contributed by atoms with Crippen molar-refractivity contribution in [3.63, 3.8) is 0 Å². The van der Waals surface area contributed by atoms with Gasteiger partial charge in [-0.05, 0) is 11.6 Å². The van der Waals surface area contributed by atoms with Crippen LogP contribution >= 0.6 is 0 Å². The van der Waals surface area contributed by atoms with E-state index in [9.17, 15) is 9.59 Å². The Labute approximate surface area is 135 Å². The Morgan fingerprint density at radius 3 is 2.43 bits per heavy atom. The summed E-state index contributed by atoms with van der Waals surface area (Å²) in [5.74, 6) is -0.000715. The number of ether oxygens (including phenoxy) is 2. The van der Waals surface area contributed by atoms with Crippen LogP contribution in [0.25, 0.3) is 11.1 Å². The third-order valence-electron chi connectivity index (χ3n) is 3.21. The van der Waals surface area contributed by atoms with Crippen molar-refractivity contribution in [2.24, 2.45) is 0 Å². The molecule has 0 unspecified atom stereocenters. The van der Waals surface area contributed by atoms with Crippen molar-refractivity contribution in [2.75, 3.05) is 20.3 Å². The van der Waals surface area contributed by atoms with Crippen LogP contribution < -0.4 is 10.1 Å². The number of carbonyl (C=O) groups excluding carboxylic acids is 2. The molecule has 0 aliphatic heterocycles. The zero-order valence-corrected chi connectivity index (χ0v) is 13.0. The van der Waals surface area contributed by atoms with Crippen molar-refractivity contribution >= 4 is 11.9 Å². The van der Waals surface area contributed by atoms with Crippen LogP contribution in [0.3, 0.4) is 0 Å². The molecule has 0 aliphatic rings. The van der Waals surface area contributed by atoms with Crippen LogP contribution in [0, 0.1) is 0 Å². The quantitative estimate of drug-likeness (QED) is 0.797. The summed E-state index contributed by atoms with van der Waals surface area (Å²) in [6.07, 6.45) is 0.142. The van der Waals surface area contributed by atoms with Gasteiger partial charge in [0.25, 0.3) is 5.91 Å². The number of methoxy groups -OCH3 is 1. The van der Waals surface area contributed by atoms with Crippen molar-refractivity contribution in [3.05, 3.63) is 54.6 Å². The van der Waals surface area contributed by atoms with Gasteiger partial charge in [0.1, 0.15) is 5.75 Å². The summed E-state index contributed by atoms with van der Waals surface area (Å²) in [4.78, 5) is 22.7. The minimum absolute atomic E-state index is 0.106. The minimum atomic E-state index is -0.361. The molecule has 0 atom stereocenters. The van der Waals surface area contributed by atoms with E-state index in [1.165, 1.54) is 7.11 Å². The lowest BCUT2D eigenvalue weighted by Crippen LogP contribution is -2.30. The summed E-state index contributed by atoms with van der Waals surface area (Å²) >= 11 is 0. The molecule has 1 N–H and O–H groups in total. The first-order valence-corrected chi connectivity index (χ1v) is 7.31. The second kappa shape index (κ2) is 8.58. The van der Waals surface area contributed by atoms with Crippen LogP contribution in [-0.4, -0.2) is 32.1 Å². The topological polar surface area (TPSA) is 64.6 Å². The summed E-state index contributed by atoms with van der Waals surface area (Å²) in [6.45, 7) is 0.125. The number of nitrogens with one attached hydrogen (secondary N) is 1. The van der Waals surface area contributed by atoms with E-state index in [0.29, 0.717) is 5.75 Å². The second-order valence-electron chi connectivity index (χ2n) is 4.83. The Balaban J connectivity index is 1.91. The first kappa shape index (κ1) is 16.5. The fraction of sp³-hybridized carbons (Fsp3) is 0.222. The van der Waals surface area contributed by atoms with Gasteiger partial charge in [0.05, 0.1) is 13.5 Å². The molecule has 120 valence electrons. The van der Waals surface area contributed by atoms with Crippen LogP contribution in [0.1, 0.15) is 6.42 Å². The van der Waals surface area contributed by atoms with E-state index in [2.05, 4.69) is 10.1 Å². The molecular formula is C18H19NO4. The van der Waals surface area contributed by atoms with Crippen LogP contribution in [0.4, 0.5) is 0 Å². The average molecular weight is 313 g/mol. The molecule has 0 aliphatic carbocycles. The van der Waals surface area contributed by atoms with Crippen LogP contribution in [0.5, 0.6) is 5.75 Å². The molecule has 0 saturated carbocycles. The molecule has 0 aromatic heterocycles. The number of esters is 1. The van der Waals surface area contributed by atoms with Gasteiger partial charge in [-0.15, -0.1) is 0 Å². The molecule has 2 rings (SSSR count). The third kappa shape index (κ3) is 5.14. The Morgan fingerprint density at radius 1 is 1.00 bits per heavy atom. The van der Waals surface area contributed by atoms with Gasteiger partial charge in [0.2, 0.25) is 0 Å². The zero-order valence-electron chi connectivity index (χ0n) is 13.0. The molecule has 2 aromatic rings. The van der Waals surface area contributed by atoms with E-state index in [4.69, 9.17) is 4.74 Å². The van der Waals surface area contributed by atoms with Crippen molar-refractivity contribution in [3.8, 4) is 16.9 Å². The summed E-state index contributed by atoms with van der Waals surface area (Å²) < 4.78 is 10.1. The molecule has 23 heavy (non-hydrogen) atoms. The normalized spacial score (nSPS) is 9.96. The highest BCUT2D eigenvalue weighted by Crippen LogP contribution is 2.29. The van der Waals surface area contributed by atoms with Crippen molar-refractivity contribution in [1.29, 1.82) is 0 Å². The predicted molar refractivity (Wildman–Crippen MR) is 87.0 cm³/mol. The van der Waals surface area contributed by atoms with Gasteiger partial charge in [-0.25, -0.2) is 0 Å². The van der Waals surface area contributed by atoms with Gasteiger partial charge in [-0.2, -0.15) is 0 Å². The van der Waals surface area contributed by atoms with Crippen molar-refractivity contribution in [2.45, 2.75) is 6.42 Å². The van der Waals surface area contributed by atoms with Gasteiger partial charge in [-0.3, -0.25) is 9.59 Å². The van der Waals surface area contributed by atoms with Crippen molar-refractivity contribution in [1.82, 2.24) is 5.32 Å². The lowest BCUT2D eigenvalue weighted by atomic mass is 10.1. The highest BCUT2D eigenvalue weighted by Gasteiger charge is 2.08. The fourth-order valence-electron chi connectivity index (χ4n) is 2.05. The molecule has 0 spiro atoms. The van der Waals surface area contributed by atoms with E-state index in [-0.39, 0.29) is 31.4 Å². The largest absolute Gasteiger partial charge is 0.483 e. The lowest BCUT2D eigenvalue weighted by Gasteiger charge is -2.11. The van der Waals surface area contributed by atoms with Crippen LogP contribution in [-0.2, 0) is 14.3 Å². The molecule has 0 heterocycles. The molecule has 5 heteroatoms.